The summed E-state index contributed by atoms with van der Waals surface area (Å²) in [5.41, 5.74) is 0.251. The van der Waals surface area contributed by atoms with Crippen molar-refractivity contribution in [1.29, 1.82) is 0 Å². The molecule has 0 aliphatic heterocycles. The highest BCUT2D eigenvalue weighted by atomic mass is 79.9. The van der Waals surface area contributed by atoms with Crippen LogP contribution in [-0.2, 0) is 5.41 Å². The van der Waals surface area contributed by atoms with Crippen molar-refractivity contribution >= 4 is 21.7 Å². The lowest BCUT2D eigenvalue weighted by atomic mass is 9.82. The molecule has 0 atom stereocenters. The Bertz CT molecular complexity index is 702. The number of benzene rings is 2. The Morgan fingerprint density at radius 3 is 2.29 bits per heavy atom. The number of hydrogen-bond donors (Lipinski definition) is 0. The predicted molar refractivity (Wildman–Crippen MR) is 82.6 cm³/mol. The van der Waals surface area contributed by atoms with E-state index in [1.807, 2.05) is 26.8 Å². The molecule has 2 aromatic rings. The summed E-state index contributed by atoms with van der Waals surface area (Å²) in [7, 11) is 0. The van der Waals surface area contributed by atoms with E-state index in [9.17, 15) is 13.6 Å². The molecule has 2 rings (SSSR count). The van der Waals surface area contributed by atoms with E-state index in [2.05, 4.69) is 15.9 Å². The predicted octanol–water partition coefficient (Wildman–Crippen LogP) is 5.26. The molecule has 0 N–H and O–H groups in total. The molecule has 0 aliphatic rings. The van der Waals surface area contributed by atoms with Gasteiger partial charge in [-0.3, -0.25) is 4.79 Å². The highest BCUT2D eigenvalue weighted by Gasteiger charge is 2.26. The van der Waals surface area contributed by atoms with E-state index >= 15 is 0 Å². The molecule has 0 heterocycles. The first-order chi connectivity index (χ1) is 9.73. The van der Waals surface area contributed by atoms with Crippen molar-refractivity contribution in [3.05, 3.63) is 69.2 Å². The smallest absolute Gasteiger partial charge is 0.199 e. The van der Waals surface area contributed by atoms with Crippen LogP contribution in [-0.4, -0.2) is 5.78 Å². The second kappa shape index (κ2) is 5.68. The van der Waals surface area contributed by atoms with E-state index in [1.165, 1.54) is 6.07 Å². The molecule has 0 spiro atoms. The van der Waals surface area contributed by atoms with Crippen LogP contribution >= 0.6 is 15.9 Å². The summed E-state index contributed by atoms with van der Waals surface area (Å²) in [6.07, 6.45) is 0. The van der Waals surface area contributed by atoms with Gasteiger partial charge in [-0.25, -0.2) is 8.78 Å². The van der Waals surface area contributed by atoms with Crippen LogP contribution in [0.15, 0.2) is 40.9 Å². The van der Waals surface area contributed by atoms with Crippen LogP contribution in [0.4, 0.5) is 8.78 Å². The van der Waals surface area contributed by atoms with E-state index in [4.69, 9.17) is 0 Å². The van der Waals surface area contributed by atoms with E-state index < -0.39 is 23.0 Å². The second-order valence-electron chi connectivity index (χ2n) is 5.84. The van der Waals surface area contributed by atoms with Crippen LogP contribution in [0.2, 0.25) is 0 Å². The first-order valence-electron chi connectivity index (χ1n) is 6.51. The number of carbonyl (C=O) groups is 1. The van der Waals surface area contributed by atoms with Crippen molar-refractivity contribution in [3.8, 4) is 0 Å². The maximum atomic E-state index is 14.1. The molecule has 0 amide bonds. The quantitative estimate of drug-likeness (QED) is 0.532. The van der Waals surface area contributed by atoms with Gasteiger partial charge < -0.3 is 0 Å². The second-order valence-corrected chi connectivity index (χ2v) is 6.70. The zero-order valence-corrected chi connectivity index (χ0v) is 13.6. The zero-order chi connectivity index (χ0) is 15.8. The average Bonchev–Trinajstić information content (AvgIpc) is 2.42. The number of hydrogen-bond acceptors (Lipinski definition) is 1. The summed E-state index contributed by atoms with van der Waals surface area (Å²) in [6.45, 7) is 5.85. The third-order valence-electron chi connectivity index (χ3n) is 3.25. The molecule has 1 nitrogen and oxygen atoms in total. The Labute approximate surface area is 131 Å². The van der Waals surface area contributed by atoms with Gasteiger partial charge in [0.15, 0.2) is 11.6 Å². The van der Waals surface area contributed by atoms with Crippen molar-refractivity contribution < 1.29 is 13.6 Å². The normalized spacial score (nSPS) is 11.5. The summed E-state index contributed by atoms with van der Waals surface area (Å²) < 4.78 is 28.1. The van der Waals surface area contributed by atoms with Crippen molar-refractivity contribution in [2.24, 2.45) is 0 Å². The summed E-state index contributed by atoms with van der Waals surface area (Å²) >= 11 is 2.99. The van der Waals surface area contributed by atoms with Gasteiger partial charge in [0, 0.05) is 5.56 Å². The van der Waals surface area contributed by atoms with Gasteiger partial charge in [-0.15, -0.1) is 0 Å². The third-order valence-corrected chi connectivity index (χ3v) is 3.86. The topological polar surface area (TPSA) is 17.1 Å². The molecule has 0 unspecified atom stereocenters. The SMILES string of the molecule is CC(C)(C)c1ccccc1C(=O)c1c(F)ccc(Br)c1F. The molecule has 0 fully saturated rings. The van der Waals surface area contributed by atoms with Gasteiger partial charge in [-0.1, -0.05) is 45.0 Å². The van der Waals surface area contributed by atoms with Crippen LogP contribution in [0.1, 0.15) is 42.3 Å². The molecule has 2 aromatic carbocycles. The molecule has 0 aliphatic carbocycles. The minimum atomic E-state index is -0.872. The molecule has 0 aromatic heterocycles. The van der Waals surface area contributed by atoms with Crippen LogP contribution in [0, 0.1) is 11.6 Å². The fourth-order valence-corrected chi connectivity index (χ4v) is 2.54. The third kappa shape index (κ3) is 3.05. The zero-order valence-electron chi connectivity index (χ0n) is 12.0. The maximum Gasteiger partial charge on any atom is 0.199 e. The Morgan fingerprint density at radius 2 is 1.67 bits per heavy atom. The Kier molecular flexibility index (Phi) is 4.28. The summed E-state index contributed by atoms with van der Waals surface area (Å²) in [4.78, 5) is 12.6. The first kappa shape index (κ1) is 15.8. The largest absolute Gasteiger partial charge is 0.288 e. The van der Waals surface area contributed by atoms with E-state index in [-0.39, 0.29) is 9.89 Å². The molecule has 0 radical (unpaired) electrons. The molecular weight excluding hydrogens is 338 g/mol. The maximum absolute atomic E-state index is 14.1. The first-order valence-corrected chi connectivity index (χ1v) is 7.30. The molecule has 0 saturated heterocycles. The lowest BCUT2D eigenvalue weighted by Gasteiger charge is -2.22. The van der Waals surface area contributed by atoms with Crippen molar-refractivity contribution in [2.75, 3.05) is 0 Å². The highest BCUT2D eigenvalue weighted by Crippen LogP contribution is 2.30. The summed E-state index contributed by atoms with van der Waals surface area (Å²) in [5, 5.41) is 0. The fourth-order valence-electron chi connectivity index (χ4n) is 2.21. The minimum Gasteiger partial charge on any atom is -0.288 e. The fraction of sp³-hybridized carbons (Fsp3) is 0.235. The van der Waals surface area contributed by atoms with Gasteiger partial charge in [0.25, 0.3) is 0 Å². The standard InChI is InChI=1S/C17H15BrF2O/c1-17(2,3)11-7-5-4-6-10(11)16(21)14-13(19)9-8-12(18)15(14)20/h4-9H,1-3H3. The van der Waals surface area contributed by atoms with Crippen LogP contribution in [0.5, 0.6) is 0 Å². The lowest BCUT2D eigenvalue weighted by Crippen LogP contribution is -2.18. The van der Waals surface area contributed by atoms with E-state index in [0.29, 0.717) is 5.56 Å². The van der Waals surface area contributed by atoms with Crippen LogP contribution < -0.4 is 0 Å². The highest BCUT2D eigenvalue weighted by molar-refractivity contribution is 9.10. The molecule has 21 heavy (non-hydrogen) atoms. The van der Waals surface area contributed by atoms with Gasteiger partial charge in [-0.2, -0.15) is 0 Å². The van der Waals surface area contributed by atoms with E-state index in [0.717, 1.165) is 11.6 Å². The summed E-state index contributed by atoms with van der Waals surface area (Å²) in [5.74, 6) is -2.37. The van der Waals surface area contributed by atoms with Crippen molar-refractivity contribution in [2.45, 2.75) is 26.2 Å². The Balaban J connectivity index is 2.65. The van der Waals surface area contributed by atoms with Gasteiger partial charge >= 0.3 is 0 Å². The van der Waals surface area contributed by atoms with Gasteiger partial charge in [0.1, 0.15) is 5.82 Å². The molecule has 0 saturated carbocycles. The molecule has 110 valence electrons. The number of rotatable bonds is 2. The Morgan fingerprint density at radius 1 is 1.05 bits per heavy atom. The molecule has 4 heteroatoms. The van der Waals surface area contributed by atoms with Crippen molar-refractivity contribution in [1.82, 2.24) is 0 Å². The molecular formula is C17H15BrF2O. The van der Waals surface area contributed by atoms with Crippen LogP contribution in [0.25, 0.3) is 0 Å². The number of halogens is 3. The summed E-state index contributed by atoms with van der Waals surface area (Å²) in [6, 6.07) is 9.24. The van der Waals surface area contributed by atoms with Gasteiger partial charge in [0.05, 0.1) is 10.0 Å². The lowest BCUT2D eigenvalue weighted by molar-refractivity contribution is 0.102. The monoisotopic (exact) mass is 352 g/mol. The Hall–Kier alpha value is -1.55. The minimum absolute atomic E-state index is 0.0699. The van der Waals surface area contributed by atoms with Gasteiger partial charge in [-0.05, 0) is 39.0 Å². The van der Waals surface area contributed by atoms with Crippen LogP contribution in [0.3, 0.4) is 0 Å². The number of carbonyl (C=O) groups excluding carboxylic acids is 1. The average molecular weight is 353 g/mol. The van der Waals surface area contributed by atoms with Crippen molar-refractivity contribution in [3.63, 3.8) is 0 Å². The molecule has 0 bridgehead atoms. The van der Waals surface area contributed by atoms with Gasteiger partial charge in [0.2, 0.25) is 0 Å². The van der Waals surface area contributed by atoms with E-state index in [1.54, 1.807) is 18.2 Å². The number of ketones is 1.